The minimum atomic E-state index is -0.904. The van der Waals surface area contributed by atoms with Gasteiger partial charge in [-0.1, -0.05) is 182 Å². The van der Waals surface area contributed by atoms with Gasteiger partial charge < -0.3 is 19.8 Å². The first-order valence-corrected chi connectivity index (χ1v) is 17.6. The molecule has 0 aliphatic carbocycles. The number of carbonyl (C=O) groups is 2. The zero-order valence-corrected chi connectivity index (χ0v) is 32.3. The molecule has 0 heterocycles. The predicted octanol–water partition coefficient (Wildman–Crippen LogP) is 9.70. The van der Waals surface area contributed by atoms with Crippen LogP contribution in [0.15, 0.2) is 0 Å². The van der Waals surface area contributed by atoms with Gasteiger partial charge in [-0.2, -0.15) is 0 Å². The normalized spacial score (nSPS) is 10.9. The van der Waals surface area contributed by atoms with Gasteiger partial charge in [0.2, 0.25) is 0 Å². The van der Waals surface area contributed by atoms with Crippen molar-refractivity contribution in [1.82, 2.24) is 0 Å². The molecule has 0 saturated carbocycles. The Labute approximate surface area is 277 Å². The number of aliphatic carboxylic acids is 2. The zero-order chi connectivity index (χ0) is 30.1. The first-order valence-electron chi connectivity index (χ1n) is 17.6. The standard InChI is InChI=1S/2C18H36O2.Cd/c2*1-17(2)15-13-11-9-7-5-3-4-6-8-10-12-14-16-18(19)20;/h2*17H,3-16H2,1-2H3,(H,19,20);/q;;+2/p-2. The van der Waals surface area contributed by atoms with E-state index in [2.05, 4.69) is 27.7 Å². The van der Waals surface area contributed by atoms with Crippen molar-refractivity contribution in [3.8, 4) is 0 Å². The summed E-state index contributed by atoms with van der Waals surface area (Å²) in [4.78, 5) is 20.4. The van der Waals surface area contributed by atoms with Crippen LogP contribution in [-0.4, -0.2) is 11.9 Å². The van der Waals surface area contributed by atoms with Crippen molar-refractivity contribution in [2.75, 3.05) is 0 Å². The van der Waals surface area contributed by atoms with Crippen LogP contribution in [0, 0.1) is 11.8 Å². The molecular weight excluding hydrogens is 609 g/mol. The molecule has 0 rings (SSSR count). The summed E-state index contributed by atoms with van der Waals surface area (Å²) in [6, 6.07) is 0. The van der Waals surface area contributed by atoms with Gasteiger partial charge in [0.15, 0.2) is 0 Å². The van der Waals surface area contributed by atoms with Crippen LogP contribution in [0.1, 0.15) is 207 Å². The molecule has 0 atom stereocenters. The Morgan fingerprint density at radius 2 is 0.537 bits per heavy atom. The molecule has 4 nitrogen and oxygen atoms in total. The molecule has 0 saturated heterocycles. The van der Waals surface area contributed by atoms with E-state index in [1.54, 1.807) is 0 Å². The maximum atomic E-state index is 10.2. The van der Waals surface area contributed by atoms with E-state index in [0.717, 1.165) is 37.5 Å². The molecule has 0 fully saturated rings. The Morgan fingerprint density at radius 3 is 0.707 bits per heavy atom. The van der Waals surface area contributed by atoms with Crippen LogP contribution in [-0.2, 0) is 36.9 Å². The van der Waals surface area contributed by atoms with E-state index in [4.69, 9.17) is 0 Å². The van der Waals surface area contributed by atoms with E-state index in [0.29, 0.717) is 0 Å². The summed E-state index contributed by atoms with van der Waals surface area (Å²) >= 11 is 0. The average Bonchev–Trinajstić information content (AvgIpc) is 2.88. The molecule has 0 aromatic heterocycles. The molecule has 240 valence electrons. The smallest absolute Gasteiger partial charge is 0.550 e. The molecule has 0 aromatic carbocycles. The van der Waals surface area contributed by atoms with Crippen molar-refractivity contribution in [2.45, 2.75) is 207 Å². The predicted molar refractivity (Wildman–Crippen MR) is 169 cm³/mol. The van der Waals surface area contributed by atoms with E-state index in [1.807, 2.05) is 0 Å². The second-order valence-electron chi connectivity index (χ2n) is 13.1. The summed E-state index contributed by atoms with van der Waals surface area (Å²) in [5, 5.41) is 20.4. The first kappa shape index (κ1) is 45.3. The Balaban J connectivity index is -0.000000688. The van der Waals surface area contributed by atoms with E-state index >= 15 is 0 Å². The second kappa shape index (κ2) is 37.9. The summed E-state index contributed by atoms with van der Waals surface area (Å²) in [5.74, 6) is -0.0830. The number of hydrogen-bond donors (Lipinski definition) is 0. The SMILES string of the molecule is CC(C)CCCCCCCCCCCCCCC(=O)[O-].CC(C)CCCCCCCCCCCCCCC(=O)[O-].[Cd+2]. The third-order valence-electron chi connectivity index (χ3n) is 7.82. The summed E-state index contributed by atoms with van der Waals surface area (Å²) in [6.07, 6.45) is 34.0. The van der Waals surface area contributed by atoms with E-state index in [9.17, 15) is 19.8 Å². The summed E-state index contributed by atoms with van der Waals surface area (Å²) < 4.78 is 0. The zero-order valence-electron chi connectivity index (χ0n) is 28.3. The first-order chi connectivity index (χ1) is 19.3. The topological polar surface area (TPSA) is 80.3 Å². The molecule has 0 aromatic rings. The summed E-state index contributed by atoms with van der Waals surface area (Å²) in [7, 11) is 0. The fourth-order valence-electron chi connectivity index (χ4n) is 5.18. The van der Waals surface area contributed by atoms with Crippen LogP contribution in [0.2, 0.25) is 0 Å². The minimum Gasteiger partial charge on any atom is -0.550 e. The van der Waals surface area contributed by atoms with Crippen molar-refractivity contribution in [3.63, 3.8) is 0 Å². The van der Waals surface area contributed by atoms with E-state index in [-0.39, 0.29) is 40.1 Å². The third-order valence-corrected chi connectivity index (χ3v) is 7.82. The quantitative estimate of drug-likeness (QED) is 0.0560. The number of rotatable bonds is 30. The van der Waals surface area contributed by atoms with Crippen molar-refractivity contribution in [1.29, 1.82) is 0 Å². The molecule has 0 unspecified atom stereocenters. The molecule has 0 aliphatic heterocycles. The fourth-order valence-corrected chi connectivity index (χ4v) is 5.18. The molecule has 0 radical (unpaired) electrons. The van der Waals surface area contributed by atoms with Crippen molar-refractivity contribution < 1.29 is 47.1 Å². The number of hydrogen-bond acceptors (Lipinski definition) is 4. The van der Waals surface area contributed by atoms with Crippen molar-refractivity contribution >= 4 is 11.9 Å². The number of unbranched alkanes of at least 4 members (excludes halogenated alkanes) is 22. The second-order valence-corrected chi connectivity index (χ2v) is 13.1. The molecule has 0 aliphatic rings. The molecular formula is C36H70CdO4. The third kappa shape index (κ3) is 49.8. The number of carboxylic acid groups (broad SMARTS) is 2. The largest absolute Gasteiger partial charge is 2.00 e. The van der Waals surface area contributed by atoms with Crippen LogP contribution >= 0.6 is 0 Å². The van der Waals surface area contributed by atoms with Crippen LogP contribution in [0.5, 0.6) is 0 Å². The van der Waals surface area contributed by atoms with Gasteiger partial charge in [-0.25, -0.2) is 0 Å². The van der Waals surface area contributed by atoms with E-state index in [1.165, 1.54) is 141 Å². The molecule has 0 bridgehead atoms. The van der Waals surface area contributed by atoms with Crippen LogP contribution in [0.4, 0.5) is 0 Å². The number of carboxylic acids is 2. The van der Waals surface area contributed by atoms with Crippen LogP contribution in [0.25, 0.3) is 0 Å². The Morgan fingerprint density at radius 1 is 0.366 bits per heavy atom. The fraction of sp³-hybridized carbons (Fsp3) is 0.944. The number of carbonyl (C=O) groups excluding carboxylic acids is 2. The van der Waals surface area contributed by atoms with Gasteiger partial charge in [0, 0.05) is 11.9 Å². The van der Waals surface area contributed by atoms with Crippen molar-refractivity contribution in [2.24, 2.45) is 11.8 Å². The van der Waals surface area contributed by atoms with Gasteiger partial charge in [-0.05, 0) is 37.5 Å². The van der Waals surface area contributed by atoms with Gasteiger partial charge in [-0.15, -0.1) is 0 Å². The molecule has 5 heteroatoms. The van der Waals surface area contributed by atoms with Gasteiger partial charge >= 0.3 is 27.3 Å². The Kier molecular flexibility index (Phi) is 41.9. The molecule has 0 spiro atoms. The Bertz CT molecular complexity index is 476. The molecule has 0 N–H and O–H groups in total. The molecule has 41 heavy (non-hydrogen) atoms. The maximum absolute atomic E-state index is 10.2. The summed E-state index contributed by atoms with van der Waals surface area (Å²) in [6.45, 7) is 9.22. The van der Waals surface area contributed by atoms with Gasteiger partial charge in [-0.3, -0.25) is 0 Å². The van der Waals surface area contributed by atoms with Gasteiger partial charge in [0.1, 0.15) is 0 Å². The van der Waals surface area contributed by atoms with Crippen LogP contribution < -0.4 is 10.2 Å². The minimum absolute atomic E-state index is 0. The maximum Gasteiger partial charge on any atom is 2.00 e. The van der Waals surface area contributed by atoms with Gasteiger partial charge in [0.25, 0.3) is 0 Å². The molecule has 0 amide bonds. The summed E-state index contributed by atoms with van der Waals surface area (Å²) in [5.41, 5.74) is 0. The van der Waals surface area contributed by atoms with Crippen molar-refractivity contribution in [3.05, 3.63) is 0 Å². The monoisotopic (exact) mass is 680 g/mol. The van der Waals surface area contributed by atoms with E-state index < -0.39 is 11.9 Å². The Hall–Kier alpha value is -0.138. The average molecular weight is 679 g/mol. The van der Waals surface area contributed by atoms with Gasteiger partial charge in [0.05, 0.1) is 0 Å². The van der Waals surface area contributed by atoms with Crippen LogP contribution in [0.3, 0.4) is 0 Å².